The molecule has 20 heavy (non-hydrogen) atoms. The van der Waals surface area contributed by atoms with Gasteiger partial charge in [-0.05, 0) is 20.8 Å². The lowest BCUT2D eigenvalue weighted by Gasteiger charge is -2.19. The van der Waals surface area contributed by atoms with E-state index in [1.165, 1.54) is 7.11 Å². The molecule has 8 nitrogen and oxygen atoms in total. The molecule has 0 spiro atoms. The highest BCUT2D eigenvalue weighted by Crippen LogP contribution is 2.05. The van der Waals surface area contributed by atoms with Crippen molar-refractivity contribution in [2.75, 3.05) is 20.3 Å². The van der Waals surface area contributed by atoms with E-state index in [-0.39, 0.29) is 18.7 Å². The van der Waals surface area contributed by atoms with Crippen LogP contribution in [0.3, 0.4) is 0 Å². The van der Waals surface area contributed by atoms with Crippen LogP contribution in [0.1, 0.15) is 33.6 Å². The molecule has 0 aliphatic rings. The summed E-state index contributed by atoms with van der Waals surface area (Å²) in [4.78, 5) is 33.9. The molecule has 0 aromatic rings. The summed E-state index contributed by atoms with van der Waals surface area (Å²) in [6.45, 7) is 5.93. The van der Waals surface area contributed by atoms with E-state index in [1.54, 1.807) is 20.8 Å². The molecule has 0 rings (SSSR count). The van der Waals surface area contributed by atoms with Gasteiger partial charge in [0.1, 0.15) is 5.60 Å². The summed E-state index contributed by atoms with van der Waals surface area (Å²) in [6.07, 6.45) is -0.754. The molecule has 0 bridgehead atoms. The molecular weight excluding hydrogens is 266 g/mol. The van der Waals surface area contributed by atoms with Gasteiger partial charge in [-0.25, -0.2) is 10.2 Å². The Morgan fingerprint density at radius 2 is 1.60 bits per heavy atom. The minimum atomic E-state index is -0.754. The van der Waals surface area contributed by atoms with Gasteiger partial charge in [0.25, 0.3) is 0 Å². The topological polar surface area (TPSA) is 106 Å². The Morgan fingerprint density at radius 1 is 1.00 bits per heavy atom. The van der Waals surface area contributed by atoms with Gasteiger partial charge in [-0.1, -0.05) is 0 Å². The van der Waals surface area contributed by atoms with Crippen LogP contribution in [0.5, 0.6) is 0 Å². The van der Waals surface area contributed by atoms with Crippen LogP contribution in [0.2, 0.25) is 0 Å². The predicted molar refractivity (Wildman–Crippen MR) is 71.6 cm³/mol. The first-order valence-corrected chi connectivity index (χ1v) is 6.28. The first-order chi connectivity index (χ1) is 9.24. The second-order valence-corrected chi connectivity index (χ2v) is 5.02. The smallest absolute Gasteiger partial charge is 0.426 e. The van der Waals surface area contributed by atoms with Crippen molar-refractivity contribution in [1.29, 1.82) is 0 Å². The Morgan fingerprint density at radius 3 is 2.15 bits per heavy atom. The van der Waals surface area contributed by atoms with E-state index in [0.717, 1.165) is 0 Å². The molecule has 0 fully saturated rings. The maximum absolute atomic E-state index is 11.4. The lowest BCUT2D eigenvalue weighted by molar-refractivity contribution is -0.127. The Bertz CT molecular complexity index is 338. The largest absolute Gasteiger partial charge is 0.443 e. The molecule has 0 aromatic heterocycles. The zero-order valence-electron chi connectivity index (χ0n) is 12.4. The summed E-state index contributed by atoms with van der Waals surface area (Å²) in [7, 11) is 1.53. The van der Waals surface area contributed by atoms with E-state index in [9.17, 15) is 14.4 Å². The highest BCUT2D eigenvalue weighted by molar-refractivity contribution is 5.84. The lowest BCUT2D eigenvalue weighted by atomic mass is 10.2. The minimum absolute atomic E-state index is 0.0331. The first-order valence-electron chi connectivity index (χ1n) is 6.28. The first kappa shape index (κ1) is 18.2. The number of carbonyl (C=O) groups excluding carboxylic acids is 3. The number of hydrogen-bond donors (Lipinski definition) is 3. The maximum atomic E-state index is 11.4. The average molecular weight is 289 g/mol. The van der Waals surface area contributed by atoms with Gasteiger partial charge >= 0.3 is 6.09 Å². The number of hydrazine groups is 1. The molecule has 3 amide bonds. The van der Waals surface area contributed by atoms with Crippen molar-refractivity contribution < 1.29 is 23.9 Å². The maximum Gasteiger partial charge on any atom is 0.426 e. The molecule has 0 atom stereocenters. The summed E-state index contributed by atoms with van der Waals surface area (Å²) in [5.41, 5.74) is 3.62. The van der Waals surface area contributed by atoms with E-state index >= 15 is 0 Å². The van der Waals surface area contributed by atoms with Crippen molar-refractivity contribution >= 4 is 17.9 Å². The number of methoxy groups -OCH3 is 1. The third-order valence-electron chi connectivity index (χ3n) is 1.91. The standard InChI is InChI=1S/C12H23N3O5/c1-12(2,3)20-11(18)15-14-10(17)6-5-9(16)13-7-8-19-4/h5-8H2,1-4H3,(H,13,16)(H,14,17)(H,15,18). The monoisotopic (exact) mass is 289 g/mol. The molecule has 0 aromatic carbocycles. The van der Waals surface area contributed by atoms with Crippen molar-refractivity contribution in [2.45, 2.75) is 39.2 Å². The van der Waals surface area contributed by atoms with Gasteiger partial charge in [-0.3, -0.25) is 15.0 Å². The third kappa shape index (κ3) is 11.3. The molecule has 0 saturated heterocycles. The van der Waals surface area contributed by atoms with Crippen molar-refractivity contribution in [1.82, 2.24) is 16.2 Å². The average Bonchev–Trinajstić information content (AvgIpc) is 2.32. The van der Waals surface area contributed by atoms with Crippen molar-refractivity contribution in [3.8, 4) is 0 Å². The van der Waals surface area contributed by atoms with Crippen LogP contribution in [0.15, 0.2) is 0 Å². The van der Waals surface area contributed by atoms with Crippen molar-refractivity contribution in [3.63, 3.8) is 0 Å². The van der Waals surface area contributed by atoms with Crippen LogP contribution in [-0.2, 0) is 19.1 Å². The highest BCUT2D eigenvalue weighted by atomic mass is 16.6. The summed E-state index contributed by atoms with van der Waals surface area (Å²) >= 11 is 0. The zero-order valence-corrected chi connectivity index (χ0v) is 12.4. The fourth-order valence-corrected chi connectivity index (χ4v) is 1.09. The second-order valence-electron chi connectivity index (χ2n) is 5.02. The summed E-state index contributed by atoms with van der Waals surface area (Å²) < 4.78 is 9.69. The second kappa shape index (κ2) is 9.13. The van der Waals surface area contributed by atoms with Gasteiger partial charge in [0.05, 0.1) is 6.61 Å². The SMILES string of the molecule is COCCNC(=O)CCC(=O)NNC(=O)OC(C)(C)C. The number of rotatable bonds is 6. The molecule has 8 heteroatoms. The van der Waals surface area contributed by atoms with Crippen LogP contribution in [0.4, 0.5) is 4.79 Å². The van der Waals surface area contributed by atoms with Crippen LogP contribution >= 0.6 is 0 Å². The number of carbonyl (C=O) groups is 3. The van der Waals surface area contributed by atoms with Crippen molar-refractivity contribution in [2.24, 2.45) is 0 Å². The molecule has 0 aliphatic carbocycles. The molecule has 0 saturated carbocycles. The molecule has 0 aliphatic heterocycles. The number of amides is 3. The molecule has 0 unspecified atom stereocenters. The number of nitrogens with one attached hydrogen (secondary N) is 3. The Hall–Kier alpha value is -1.83. The molecule has 0 radical (unpaired) electrons. The summed E-state index contributed by atoms with van der Waals surface area (Å²) in [6, 6.07) is 0. The zero-order chi connectivity index (χ0) is 15.6. The van der Waals surface area contributed by atoms with E-state index in [2.05, 4.69) is 16.2 Å². The minimum Gasteiger partial charge on any atom is -0.443 e. The molecule has 116 valence electrons. The van der Waals surface area contributed by atoms with Gasteiger partial charge in [-0.2, -0.15) is 0 Å². The van der Waals surface area contributed by atoms with Gasteiger partial charge in [0, 0.05) is 26.5 Å². The van der Waals surface area contributed by atoms with Gasteiger partial charge in [0.2, 0.25) is 11.8 Å². The highest BCUT2D eigenvalue weighted by Gasteiger charge is 2.16. The fraction of sp³-hybridized carbons (Fsp3) is 0.750. The van der Waals surface area contributed by atoms with Crippen LogP contribution in [0, 0.1) is 0 Å². The number of hydrogen-bond acceptors (Lipinski definition) is 5. The predicted octanol–water partition coefficient (Wildman–Crippen LogP) is 0.0851. The lowest BCUT2D eigenvalue weighted by Crippen LogP contribution is -2.44. The van der Waals surface area contributed by atoms with E-state index < -0.39 is 17.6 Å². The van der Waals surface area contributed by atoms with Crippen molar-refractivity contribution in [3.05, 3.63) is 0 Å². The fourth-order valence-electron chi connectivity index (χ4n) is 1.09. The summed E-state index contributed by atoms with van der Waals surface area (Å²) in [5, 5.41) is 2.58. The number of ether oxygens (including phenoxy) is 2. The van der Waals surface area contributed by atoms with Gasteiger partial charge in [-0.15, -0.1) is 0 Å². The van der Waals surface area contributed by atoms with Gasteiger partial charge < -0.3 is 14.8 Å². The quantitative estimate of drug-likeness (QED) is 0.474. The molecule has 3 N–H and O–H groups in total. The van der Waals surface area contributed by atoms with Gasteiger partial charge in [0.15, 0.2) is 0 Å². The summed E-state index contributed by atoms with van der Waals surface area (Å²) in [5.74, 6) is -0.729. The molecule has 0 heterocycles. The van der Waals surface area contributed by atoms with E-state index in [0.29, 0.717) is 13.2 Å². The Balaban J connectivity index is 3.73. The Kier molecular flexibility index (Phi) is 8.30. The third-order valence-corrected chi connectivity index (χ3v) is 1.91. The van der Waals surface area contributed by atoms with Crippen LogP contribution in [-0.4, -0.2) is 43.8 Å². The van der Waals surface area contributed by atoms with Crippen LogP contribution in [0.25, 0.3) is 0 Å². The van der Waals surface area contributed by atoms with Crippen LogP contribution < -0.4 is 16.2 Å². The normalized spacial score (nSPS) is 10.6. The Labute approximate surface area is 118 Å². The van der Waals surface area contributed by atoms with E-state index in [4.69, 9.17) is 9.47 Å². The van der Waals surface area contributed by atoms with E-state index in [1.807, 2.05) is 0 Å². The molecular formula is C12H23N3O5.